The Labute approximate surface area is 225 Å². The maximum absolute atomic E-state index is 4.65. The Morgan fingerprint density at radius 2 is 1.13 bits per heavy atom. The predicted molar refractivity (Wildman–Crippen MR) is 160 cm³/mol. The molecule has 0 N–H and O–H groups in total. The van der Waals surface area contributed by atoms with E-state index < -0.39 is 0 Å². The van der Waals surface area contributed by atoms with Gasteiger partial charge in [0.05, 0.1) is 0 Å². The number of hydrogen-bond acceptors (Lipinski definition) is 3. The first kappa shape index (κ1) is 22.6. The summed E-state index contributed by atoms with van der Waals surface area (Å²) in [6.45, 7) is 2.23. The van der Waals surface area contributed by atoms with Crippen molar-refractivity contribution < 1.29 is 0 Å². The molecule has 38 heavy (non-hydrogen) atoms. The molecule has 0 unspecified atom stereocenters. The van der Waals surface area contributed by atoms with Gasteiger partial charge < -0.3 is 0 Å². The molecule has 0 spiro atoms. The van der Waals surface area contributed by atoms with Gasteiger partial charge in [-0.1, -0.05) is 116 Å². The van der Waals surface area contributed by atoms with Crippen molar-refractivity contribution in [3.8, 4) is 39.6 Å². The molecule has 0 bridgehead atoms. The van der Waals surface area contributed by atoms with E-state index in [1.54, 1.807) is 0 Å². The third-order valence-corrected chi connectivity index (χ3v) is 8.48. The summed E-state index contributed by atoms with van der Waals surface area (Å²) in [7, 11) is 0. The van der Waals surface area contributed by atoms with Crippen LogP contribution in [0.2, 0.25) is 0 Å². The number of benzene rings is 5. The topological polar surface area (TPSA) is 30.7 Å². The van der Waals surface area contributed by atoms with Crippen LogP contribution < -0.4 is 0 Å². The Morgan fingerprint density at radius 1 is 0.553 bits per heavy atom. The lowest BCUT2D eigenvalue weighted by Gasteiger charge is -2.11. The molecule has 3 nitrogen and oxygen atoms in total. The van der Waals surface area contributed by atoms with Crippen molar-refractivity contribution in [1.29, 1.82) is 0 Å². The fraction of sp³-hybridized carbons (Fsp3) is 0.0588. The van der Waals surface area contributed by atoms with Gasteiger partial charge in [-0.05, 0) is 35.2 Å². The third-order valence-electron chi connectivity index (χ3n) is 7.15. The first-order chi connectivity index (χ1) is 18.8. The molecular formula is C34H25N3S. The van der Waals surface area contributed by atoms with Crippen molar-refractivity contribution in [2.75, 3.05) is 0 Å². The summed E-state index contributed by atoms with van der Waals surface area (Å²) >= 11 is 1.91. The Balaban J connectivity index is 1.35. The lowest BCUT2D eigenvalue weighted by atomic mass is 10.0. The summed E-state index contributed by atoms with van der Waals surface area (Å²) < 4.78 is 4.89. The Hall–Kier alpha value is -4.54. The minimum atomic E-state index is 0.828. The van der Waals surface area contributed by atoms with Crippen molar-refractivity contribution in [1.82, 2.24) is 14.8 Å². The zero-order chi connectivity index (χ0) is 25.5. The third kappa shape index (κ3) is 3.73. The summed E-state index contributed by atoms with van der Waals surface area (Å²) in [5.41, 5.74) is 7.00. The van der Waals surface area contributed by atoms with Crippen LogP contribution in [-0.4, -0.2) is 14.8 Å². The number of fused-ring (bicyclic) bond motifs is 3. The first-order valence-corrected chi connectivity index (χ1v) is 13.7. The molecule has 7 aromatic rings. The van der Waals surface area contributed by atoms with Crippen molar-refractivity contribution in [3.63, 3.8) is 0 Å². The van der Waals surface area contributed by atoms with Crippen LogP contribution in [0.25, 0.3) is 59.8 Å². The lowest BCUT2D eigenvalue weighted by Crippen LogP contribution is -2.00. The van der Waals surface area contributed by atoms with Gasteiger partial charge in [-0.2, -0.15) is 0 Å². The van der Waals surface area contributed by atoms with E-state index in [9.17, 15) is 0 Å². The minimum absolute atomic E-state index is 0.828. The number of thiophene rings is 1. The normalized spacial score (nSPS) is 11.4. The van der Waals surface area contributed by atoms with E-state index in [2.05, 4.69) is 107 Å². The maximum Gasteiger partial charge on any atom is 0.168 e. The molecule has 0 aliphatic carbocycles. The molecule has 182 valence electrons. The molecule has 0 fully saturated rings. The Kier molecular flexibility index (Phi) is 5.60. The maximum atomic E-state index is 4.65. The minimum Gasteiger partial charge on any atom is -0.275 e. The van der Waals surface area contributed by atoms with Gasteiger partial charge >= 0.3 is 0 Å². The number of aryl methyl sites for hydroxylation is 1. The highest BCUT2D eigenvalue weighted by molar-refractivity contribution is 7.26. The molecule has 5 aromatic carbocycles. The van der Waals surface area contributed by atoms with E-state index in [1.165, 1.54) is 36.9 Å². The molecule has 7 rings (SSSR count). The van der Waals surface area contributed by atoms with Crippen LogP contribution in [0, 0.1) is 0 Å². The van der Waals surface area contributed by atoms with E-state index >= 15 is 0 Å². The quantitative estimate of drug-likeness (QED) is 0.232. The lowest BCUT2D eigenvalue weighted by molar-refractivity contribution is 1.07. The second-order valence-electron chi connectivity index (χ2n) is 9.39. The van der Waals surface area contributed by atoms with Crippen molar-refractivity contribution >= 4 is 31.5 Å². The standard InChI is InChI=1S/C34H25N3S/c1-2-23-13-9-17-29-30-18-10-16-28(32(30)38-31(23)29)24-19-21-26(22-20-24)34-36-35-33(25-11-5-3-6-12-25)37(34)27-14-7-4-8-15-27/h3-22H,2H2,1H3. The number of aromatic nitrogens is 3. The summed E-state index contributed by atoms with van der Waals surface area (Å²) in [4.78, 5) is 0. The Morgan fingerprint density at radius 3 is 1.82 bits per heavy atom. The smallest absolute Gasteiger partial charge is 0.168 e. The summed E-state index contributed by atoms with van der Waals surface area (Å²) in [5, 5.41) is 12.0. The fourth-order valence-electron chi connectivity index (χ4n) is 5.25. The van der Waals surface area contributed by atoms with Crippen LogP contribution in [0.15, 0.2) is 121 Å². The number of hydrogen-bond donors (Lipinski definition) is 0. The molecule has 2 heterocycles. The van der Waals surface area contributed by atoms with E-state index in [0.717, 1.165) is 34.9 Å². The van der Waals surface area contributed by atoms with Gasteiger partial charge in [-0.25, -0.2) is 0 Å². The van der Waals surface area contributed by atoms with E-state index in [-0.39, 0.29) is 0 Å². The zero-order valence-electron chi connectivity index (χ0n) is 21.0. The van der Waals surface area contributed by atoms with Crippen molar-refractivity contribution in [3.05, 3.63) is 127 Å². The second kappa shape index (κ2) is 9.40. The highest BCUT2D eigenvalue weighted by Gasteiger charge is 2.18. The molecule has 0 radical (unpaired) electrons. The molecule has 0 saturated carbocycles. The zero-order valence-corrected chi connectivity index (χ0v) is 21.8. The highest BCUT2D eigenvalue weighted by atomic mass is 32.1. The van der Waals surface area contributed by atoms with Crippen LogP contribution >= 0.6 is 11.3 Å². The van der Waals surface area contributed by atoms with Gasteiger partial charge in [0.1, 0.15) is 0 Å². The Bertz CT molecular complexity index is 1880. The summed E-state index contributed by atoms with van der Waals surface area (Å²) in [5.74, 6) is 1.66. The van der Waals surface area contributed by atoms with Crippen LogP contribution in [0.1, 0.15) is 12.5 Å². The largest absolute Gasteiger partial charge is 0.275 e. The van der Waals surface area contributed by atoms with E-state index in [4.69, 9.17) is 0 Å². The molecule has 0 amide bonds. The van der Waals surface area contributed by atoms with Crippen LogP contribution in [0.5, 0.6) is 0 Å². The second-order valence-corrected chi connectivity index (χ2v) is 10.4. The molecule has 0 saturated heterocycles. The number of rotatable bonds is 5. The van der Waals surface area contributed by atoms with Gasteiger partial charge in [0.25, 0.3) is 0 Å². The van der Waals surface area contributed by atoms with E-state index in [0.29, 0.717) is 0 Å². The highest BCUT2D eigenvalue weighted by Crippen LogP contribution is 2.41. The van der Waals surface area contributed by atoms with Gasteiger partial charge in [-0.3, -0.25) is 4.57 Å². The molecule has 0 aliphatic heterocycles. The molecule has 0 aliphatic rings. The van der Waals surface area contributed by atoms with Gasteiger partial charge in [-0.15, -0.1) is 21.5 Å². The molecular weight excluding hydrogens is 482 g/mol. The van der Waals surface area contributed by atoms with Crippen molar-refractivity contribution in [2.24, 2.45) is 0 Å². The summed E-state index contributed by atoms with van der Waals surface area (Å²) in [6, 6.07) is 42.6. The SMILES string of the molecule is CCc1cccc2c1sc1c(-c3ccc(-c4nnc(-c5ccccc5)n4-c4ccccc4)cc3)cccc12. The summed E-state index contributed by atoms with van der Waals surface area (Å²) in [6.07, 6.45) is 1.04. The van der Waals surface area contributed by atoms with Gasteiger partial charge in [0.2, 0.25) is 0 Å². The molecule has 4 heteroatoms. The number of para-hydroxylation sites is 1. The van der Waals surface area contributed by atoms with Crippen LogP contribution in [-0.2, 0) is 6.42 Å². The van der Waals surface area contributed by atoms with E-state index in [1.807, 2.05) is 47.7 Å². The number of nitrogens with zero attached hydrogens (tertiary/aromatic N) is 3. The van der Waals surface area contributed by atoms with Crippen LogP contribution in [0.4, 0.5) is 0 Å². The van der Waals surface area contributed by atoms with Crippen LogP contribution in [0.3, 0.4) is 0 Å². The average Bonchev–Trinajstić information content (AvgIpc) is 3.60. The molecule has 2 aromatic heterocycles. The molecule has 0 atom stereocenters. The van der Waals surface area contributed by atoms with Gasteiger partial charge in [0.15, 0.2) is 11.6 Å². The first-order valence-electron chi connectivity index (χ1n) is 12.9. The van der Waals surface area contributed by atoms with Crippen molar-refractivity contribution in [2.45, 2.75) is 13.3 Å². The monoisotopic (exact) mass is 507 g/mol. The average molecular weight is 508 g/mol. The predicted octanol–water partition coefficient (Wildman–Crippen LogP) is 9.20. The van der Waals surface area contributed by atoms with Gasteiger partial charge in [0, 0.05) is 37.0 Å². The fourth-order valence-corrected chi connectivity index (χ4v) is 6.67.